The molecule has 1 N–H and O–H groups in total. The maximum absolute atomic E-state index is 12.9. The maximum Gasteiger partial charge on any atom is 0.410 e. The Morgan fingerprint density at radius 2 is 2.05 bits per heavy atom. The van der Waals surface area contributed by atoms with Crippen LogP contribution in [0.4, 0.5) is 10.6 Å². The van der Waals surface area contributed by atoms with Crippen LogP contribution in [-0.4, -0.2) is 64.4 Å². The number of morpholine rings is 1. The molecule has 0 radical (unpaired) electrons. The summed E-state index contributed by atoms with van der Waals surface area (Å²) in [5, 5.41) is 3.72. The number of methoxy groups -OCH3 is 2. The van der Waals surface area contributed by atoms with E-state index >= 15 is 0 Å². The summed E-state index contributed by atoms with van der Waals surface area (Å²) in [7, 11) is 3.22. The van der Waals surface area contributed by atoms with Gasteiger partial charge in [-0.15, -0.1) is 0 Å². The Kier molecular flexibility index (Phi) is 8.05. The van der Waals surface area contributed by atoms with E-state index in [4.69, 9.17) is 35.5 Å². The molecule has 3 aromatic rings. The van der Waals surface area contributed by atoms with Crippen molar-refractivity contribution in [2.45, 2.75) is 52.0 Å². The third-order valence-corrected chi connectivity index (χ3v) is 6.71. The first-order valence-corrected chi connectivity index (χ1v) is 13.0. The van der Waals surface area contributed by atoms with Gasteiger partial charge in [-0.05, 0) is 55.8 Å². The largest absolute Gasteiger partial charge is 0.497 e. The topological polar surface area (TPSA) is 99.5 Å². The number of carbonyl (C=O) groups excluding carboxylic acids is 1. The first-order chi connectivity index (χ1) is 17.5. The summed E-state index contributed by atoms with van der Waals surface area (Å²) >= 11 is 10.2. The molecule has 1 amide bonds. The van der Waals surface area contributed by atoms with Crippen LogP contribution in [-0.2, 0) is 16.0 Å². The third kappa shape index (κ3) is 5.89. The summed E-state index contributed by atoms with van der Waals surface area (Å²) in [6, 6.07) is 5.48. The van der Waals surface area contributed by atoms with Crippen LogP contribution in [0.25, 0.3) is 5.52 Å². The van der Waals surface area contributed by atoms with Gasteiger partial charge in [0.15, 0.2) is 5.82 Å². The second-order valence-electron chi connectivity index (χ2n) is 9.71. The molecule has 200 valence electrons. The molecule has 2 atom stereocenters. The summed E-state index contributed by atoms with van der Waals surface area (Å²) in [4.78, 5) is 23.7. The number of nitrogens with one attached hydrogen (secondary N) is 1. The lowest BCUT2D eigenvalue weighted by atomic mass is 10.2. The van der Waals surface area contributed by atoms with E-state index in [2.05, 4.69) is 26.2 Å². The van der Waals surface area contributed by atoms with Crippen LogP contribution in [0.5, 0.6) is 11.5 Å². The Hall–Kier alpha value is -2.76. The van der Waals surface area contributed by atoms with Gasteiger partial charge in [-0.3, -0.25) is 4.40 Å². The molecule has 0 aliphatic carbocycles. The van der Waals surface area contributed by atoms with Gasteiger partial charge >= 0.3 is 6.09 Å². The minimum Gasteiger partial charge on any atom is -0.497 e. The fourth-order valence-electron chi connectivity index (χ4n) is 4.08. The Balaban J connectivity index is 1.63. The van der Waals surface area contributed by atoms with Crippen LogP contribution in [0.2, 0.25) is 5.15 Å². The molecule has 0 spiro atoms. The predicted octanol–water partition coefficient (Wildman–Crippen LogP) is 5.47. The number of anilines is 1. The van der Waals surface area contributed by atoms with E-state index in [0.717, 1.165) is 5.56 Å². The highest BCUT2D eigenvalue weighted by Gasteiger charge is 2.36. The van der Waals surface area contributed by atoms with Crippen LogP contribution < -0.4 is 14.8 Å². The van der Waals surface area contributed by atoms with E-state index in [9.17, 15) is 4.79 Å². The highest BCUT2D eigenvalue weighted by atomic mass is 79.9. The Labute approximate surface area is 229 Å². The van der Waals surface area contributed by atoms with Gasteiger partial charge in [-0.1, -0.05) is 11.6 Å². The van der Waals surface area contributed by atoms with Gasteiger partial charge in [0.1, 0.15) is 44.3 Å². The van der Waals surface area contributed by atoms with Crippen molar-refractivity contribution in [1.82, 2.24) is 19.3 Å². The summed E-state index contributed by atoms with van der Waals surface area (Å²) in [5.41, 5.74) is 0.975. The number of benzene rings is 1. The van der Waals surface area contributed by atoms with E-state index in [0.29, 0.717) is 51.6 Å². The normalized spacial score (nSPS) is 18.1. The number of rotatable bonds is 6. The number of ether oxygens (including phenoxy) is 4. The number of hydrogen-bond donors (Lipinski definition) is 1. The van der Waals surface area contributed by atoms with Gasteiger partial charge in [0, 0.05) is 18.2 Å². The molecular formula is C25H31BrClN5O5. The van der Waals surface area contributed by atoms with E-state index in [1.807, 2.05) is 45.9 Å². The Bertz CT molecular complexity index is 1290. The summed E-state index contributed by atoms with van der Waals surface area (Å²) in [6.07, 6.45) is 0.644. The molecule has 2 unspecified atom stereocenters. The fraction of sp³-hybridized carbons (Fsp3) is 0.480. The average molecular weight is 597 g/mol. The number of amides is 1. The zero-order chi connectivity index (χ0) is 26.9. The number of nitrogens with zero attached hydrogens (tertiary/aromatic N) is 4. The summed E-state index contributed by atoms with van der Waals surface area (Å²) in [5.74, 6) is 2.52. The predicted molar refractivity (Wildman–Crippen MR) is 144 cm³/mol. The van der Waals surface area contributed by atoms with Crippen molar-refractivity contribution < 1.29 is 23.7 Å². The molecule has 4 rings (SSSR count). The van der Waals surface area contributed by atoms with Crippen LogP contribution in [0.1, 0.15) is 45.2 Å². The second kappa shape index (κ2) is 10.9. The van der Waals surface area contributed by atoms with Gasteiger partial charge in [0.2, 0.25) is 0 Å². The lowest BCUT2D eigenvalue weighted by Crippen LogP contribution is -2.50. The molecule has 1 fully saturated rings. The lowest BCUT2D eigenvalue weighted by Gasteiger charge is -2.38. The molecule has 12 heteroatoms. The summed E-state index contributed by atoms with van der Waals surface area (Å²) < 4.78 is 24.8. The Morgan fingerprint density at radius 1 is 1.30 bits per heavy atom. The molecule has 3 heterocycles. The maximum atomic E-state index is 12.9. The molecule has 10 nitrogen and oxygen atoms in total. The van der Waals surface area contributed by atoms with Crippen LogP contribution >= 0.6 is 27.5 Å². The zero-order valence-corrected chi connectivity index (χ0v) is 24.0. The Morgan fingerprint density at radius 3 is 2.73 bits per heavy atom. The van der Waals surface area contributed by atoms with Gasteiger partial charge in [-0.25, -0.2) is 14.8 Å². The van der Waals surface area contributed by atoms with Crippen molar-refractivity contribution in [3.63, 3.8) is 0 Å². The SMILES string of the molecule is COc1ccc(CNc2ncc(Cl)n3c(C4CN(C(=O)OC(C)(C)C)C(C)CO4)nc(Br)c23)c(OC)c1. The van der Waals surface area contributed by atoms with Crippen molar-refractivity contribution in [2.24, 2.45) is 0 Å². The highest BCUT2D eigenvalue weighted by molar-refractivity contribution is 9.10. The molecular weight excluding hydrogens is 566 g/mol. The van der Waals surface area contributed by atoms with E-state index in [-0.39, 0.29) is 12.6 Å². The average Bonchev–Trinajstić information content (AvgIpc) is 3.21. The van der Waals surface area contributed by atoms with Gasteiger partial charge in [0.05, 0.1) is 39.6 Å². The van der Waals surface area contributed by atoms with Crippen LogP contribution in [0.3, 0.4) is 0 Å². The molecule has 1 aliphatic rings. The molecule has 1 aliphatic heterocycles. The zero-order valence-electron chi connectivity index (χ0n) is 21.7. The molecule has 0 bridgehead atoms. The number of fused-ring (bicyclic) bond motifs is 1. The molecule has 37 heavy (non-hydrogen) atoms. The van der Waals surface area contributed by atoms with Crippen molar-refractivity contribution in [3.05, 3.63) is 45.5 Å². The van der Waals surface area contributed by atoms with Gasteiger partial charge < -0.3 is 29.2 Å². The van der Waals surface area contributed by atoms with Crippen molar-refractivity contribution >= 4 is 45.0 Å². The van der Waals surface area contributed by atoms with Gasteiger partial charge in [-0.2, -0.15) is 0 Å². The van der Waals surface area contributed by atoms with Crippen LogP contribution in [0.15, 0.2) is 29.0 Å². The quantitative estimate of drug-likeness (QED) is 0.400. The molecule has 2 aromatic heterocycles. The number of halogens is 2. The molecule has 0 saturated carbocycles. The van der Waals surface area contributed by atoms with Gasteiger partial charge in [0.25, 0.3) is 0 Å². The minimum absolute atomic E-state index is 0.144. The second-order valence-corrected chi connectivity index (χ2v) is 10.8. The first-order valence-electron chi connectivity index (χ1n) is 11.8. The standard InChI is InChI=1S/C25H31BrClN5O5/c1-14-13-36-18(12-31(14)24(33)37-25(2,3)4)23-30-21(26)20-22(29-11-19(27)32(20)23)28-10-15-7-8-16(34-5)9-17(15)35-6/h7-9,11,14,18H,10,12-13H2,1-6H3,(H,28,29). The summed E-state index contributed by atoms with van der Waals surface area (Å²) in [6.45, 7) is 8.49. The smallest absolute Gasteiger partial charge is 0.410 e. The fourth-order valence-corrected chi connectivity index (χ4v) is 4.84. The number of imidazole rings is 1. The monoisotopic (exact) mass is 595 g/mol. The number of carbonyl (C=O) groups is 1. The molecule has 1 saturated heterocycles. The van der Waals surface area contributed by atoms with E-state index < -0.39 is 17.8 Å². The van der Waals surface area contributed by atoms with Crippen molar-refractivity contribution in [3.8, 4) is 11.5 Å². The third-order valence-electron chi connectivity index (χ3n) is 5.89. The van der Waals surface area contributed by atoms with Crippen LogP contribution in [0, 0.1) is 0 Å². The van der Waals surface area contributed by atoms with E-state index in [1.165, 1.54) is 0 Å². The first kappa shape index (κ1) is 27.3. The number of aromatic nitrogens is 3. The minimum atomic E-state index is -0.601. The molecule has 1 aromatic carbocycles. The highest BCUT2D eigenvalue weighted by Crippen LogP contribution is 2.34. The van der Waals surface area contributed by atoms with E-state index in [1.54, 1.807) is 29.7 Å². The number of hydrogen-bond acceptors (Lipinski definition) is 8. The van der Waals surface area contributed by atoms with Crippen molar-refractivity contribution in [1.29, 1.82) is 0 Å². The van der Waals surface area contributed by atoms with Crippen molar-refractivity contribution in [2.75, 3.05) is 32.7 Å². The lowest BCUT2D eigenvalue weighted by molar-refractivity contribution is -0.0698.